The summed E-state index contributed by atoms with van der Waals surface area (Å²) < 4.78 is 39.5. The van der Waals surface area contributed by atoms with E-state index in [0.29, 0.717) is 18.1 Å². The van der Waals surface area contributed by atoms with E-state index in [2.05, 4.69) is 14.7 Å². The quantitative estimate of drug-likeness (QED) is 0.791. The summed E-state index contributed by atoms with van der Waals surface area (Å²) in [7, 11) is 0. The molecule has 0 aliphatic heterocycles. The molecule has 1 N–H and O–H groups in total. The van der Waals surface area contributed by atoms with Crippen LogP contribution in [-0.4, -0.2) is 22.1 Å². The van der Waals surface area contributed by atoms with Crippen LogP contribution in [0.1, 0.15) is 32.0 Å². The monoisotopic (exact) mass is 253 g/mol. The van der Waals surface area contributed by atoms with Gasteiger partial charge in [0.2, 0.25) is 5.13 Å². The molecule has 7 heteroatoms. The largest absolute Gasteiger partial charge is 0.389 e. The normalized spacial score (nSPS) is 11.8. The van der Waals surface area contributed by atoms with Crippen LogP contribution < -0.4 is 5.32 Å². The number of aromatic nitrogens is 2. The summed E-state index contributed by atoms with van der Waals surface area (Å²) in [5, 5.41) is 3.65. The number of hydrogen-bond acceptors (Lipinski definition) is 4. The number of anilines is 1. The van der Waals surface area contributed by atoms with E-state index in [1.807, 2.05) is 6.92 Å². The zero-order chi connectivity index (χ0) is 12.0. The molecular formula is C9H14F3N3S. The van der Waals surface area contributed by atoms with Gasteiger partial charge in [-0.1, -0.05) is 6.92 Å². The lowest BCUT2D eigenvalue weighted by molar-refractivity contribution is -0.135. The molecule has 1 heterocycles. The number of nitrogens with one attached hydrogen (secondary N) is 1. The molecule has 0 saturated carbocycles. The number of hydrogen-bond donors (Lipinski definition) is 1. The lowest BCUT2D eigenvalue weighted by Gasteiger charge is -2.05. The predicted molar refractivity (Wildman–Crippen MR) is 57.7 cm³/mol. The van der Waals surface area contributed by atoms with Crippen molar-refractivity contribution in [2.75, 3.05) is 11.9 Å². The Labute approximate surface area is 96.3 Å². The van der Waals surface area contributed by atoms with Gasteiger partial charge in [-0.3, -0.25) is 0 Å². The Morgan fingerprint density at radius 3 is 2.62 bits per heavy atom. The van der Waals surface area contributed by atoms with Gasteiger partial charge in [0, 0.05) is 30.9 Å². The summed E-state index contributed by atoms with van der Waals surface area (Å²) in [6, 6.07) is 0. The standard InChI is InChI=1S/C9H14F3N3S/c1-2-7-14-8(16-15-7)13-6-4-3-5-9(10,11)12/h2-6H2,1H3,(H,13,14,15). The molecule has 1 rings (SSSR count). The highest BCUT2D eigenvalue weighted by Gasteiger charge is 2.25. The van der Waals surface area contributed by atoms with Crippen LogP contribution in [0.2, 0.25) is 0 Å². The molecule has 0 saturated heterocycles. The molecule has 1 aromatic heterocycles. The molecule has 0 unspecified atom stereocenters. The maximum atomic E-state index is 11.8. The van der Waals surface area contributed by atoms with Crippen molar-refractivity contribution in [3.8, 4) is 0 Å². The third kappa shape index (κ3) is 5.29. The first kappa shape index (κ1) is 13.2. The van der Waals surface area contributed by atoms with Crippen LogP contribution in [-0.2, 0) is 6.42 Å². The number of unbranched alkanes of at least 4 members (excludes halogenated alkanes) is 1. The SMILES string of the molecule is CCc1nsc(NCCCCC(F)(F)F)n1. The van der Waals surface area contributed by atoms with Crippen LogP contribution in [0.4, 0.5) is 18.3 Å². The van der Waals surface area contributed by atoms with Crippen molar-refractivity contribution in [2.45, 2.75) is 38.8 Å². The van der Waals surface area contributed by atoms with Gasteiger partial charge in [-0.2, -0.15) is 17.5 Å². The first-order chi connectivity index (χ1) is 7.51. The number of aryl methyl sites for hydroxylation is 1. The summed E-state index contributed by atoms with van der Waals surface area (Å²) in [6.07, 6.45) is -3.36. The Hall–Kier alpha value is -0.850. The molecule has 3 nitrogen and oxygen atoms in total. The van der Waals surface area contributed by atoms with E-state index in [9.17, 15) is 13.2 Å². The van der Waals surface area contributed by atoms with E-state index in [4.69, 9.17) is 0 Å². The van der Waals surface area contributed by atoms with E-state index in [1.165, 1.54) is 11.5 Å². The minimum absolute atomic E-state index is 0.149. The first-order valence-electron chi connectivity index (χ1n) is 5.14. The fourth-order valence-electron chi connectivity index (χ4n) is 1.12. The Bertz CT molecular complexity index is 311. The molecule has 16 heavy (non-hydrogen) atoms. The van der Waals surface area contributed by atoms with Crippen molar-refractivity contribution in [3.63, 3.8) is 0 Å². The van der Waals surface area contributed by atoms with Gasteiger partial charge in [-0.15, -0.1) is 0 Å². The summed E-state index contributed by atoms with van der Waals surface area (Å²) in [5.74, 6) is 0.766. The molecule has 0 aliphatic rings. The van der Waals surface area contributed by atoms with Crippen molar-refractivity contribution in [1.82, 2.24) is 9.36 Å². The van der Waals surface area contributed by atoms with E-state index < -0.39 is 12.6 Å². The molecule has 0 aliphatic carbocycles. The van der Waals surface area contributed by atoms with Crippen LogP contribution in [0.3, 0.4) is 0 Å². The second-order valence-electron chi connectivity index (χ2n) is 3.37. The predicted octanol–water partition coefficient (Wildman–Crippen LogP) is 3.25. The summed E-state index contributed by atoms with van der Waals surface area (Å²) in [6.45, 7) is 2.46. The highest BCUT2D eigenvalue weighted by atomic mass is 32.1. The van der Waals surface area contributed by atoms with Gasteiger partial charge in [0.1, 0.15) is 5.82 Å². The number of alkyl halides is 3. The average molecular weight is 253 g/mol. The van der Waals surface area contributed by atoms with E-state index in [1.54, 1.807) is 0 Å². The van der Waals surface area contributed by atoms with Gasteiger partial charge >= 0.3 is 6.18 Å². The highest BCUT2D eigenvalue weighted by molar-refractivity contribution is 7.09. The molecule has 0 amide bonds. The summed E-state index contributed by atoms with van der Waals surface area (Å²) in [5.41, 5.74) is 0. The van der Waals surface area contributed by atoms with Crippen molar-refractivity contribution in [3.05, 3.63) is 5.82 Å². The minimum Gasteiger partial charge on any atom is -0.360 e. The molecular weight excluding hydrogens is 239 g/mol. The van der Waals surface area contributed by atoms with E-state index in [-0.39, 0.29) is 6.42 Å². The van der Waals surface area contributed by atoms with Crippen molar-refractivity contribution in [1.29, 1.82) is 0 Å². The van der Waals surface area contributed by atoms with Crippen molar-refractivity contribution in [2.24, 2.45) is 0 Å². The molecule has 0 bridgehead atoms. The maximum absolute atomic E-state index is 11.8. The second kappa shape index (κ2) is 6.03. The van der Waals surface area contributed by atoms with E-state index >= 15 is 0 Å². The zero-order valence-corrected chi connectivity index (χ0v) is 9.79. The van der Waals surface area contributed by atoms with Gasteiger partial charge < -0.3 is 5.32 Å². The smallest absolute Gasteiger partial charge is 0.360 e. The molecule has 1 aromatic rings. The summed E-state index contributed by atoms with van der Waals surface area (Å²) in [4.78, 5) is 4.15. The zero-order valence-electron chi connectivity index (χ0n) is 8.97. The topological polar surface area (TPSA) is 37.8 Å². The van der Waals surface area contributed by atoms with Gasteiger partial charge in [0.15, 0.2) is 0 Å². The Kier molecular flexibility index (Phi) is 4.98. The second-order valence-corrected chi connectivity index (χ2v) is 4.12. The third-order valence-corrected chi connectivity index (χ3v) is 2.66. The molecule has 0 spiro atoms. The fourth-order valence-corrected chi connectivity index (χ4v) is 1.79. The van der Waals surface area contributed by atoms with Gasteiger partial charge in [0.05, 0.1) is 0 Å². The highest BCUT2D eigenvalue weighted by Crippen LogP contribution is 2.22. The van der Waals surface area contributed by atoms with Crippen LogP contribution in [0.25, 0.3) is 0 Å². The van der Waals surface area contributed by atoms with E-state index in [0.717, 1.165) is 12.2 Å². The fraction of sp³-hybridized carbons (Fsp3) is 0.778. The Balaban J connectivity index is 2.11. The van der Waals surface area contributed by atoms with Crippen LogP contribution >= 0.6 is 11.5 Å². The van der Waals surface area contributed by atoms with Crippen molar-refractivity contribution >= 4 is 16.7 Å². The minimum atomic E-state index is -4.04. The number of halogens is 3. The van der Waals surface area contributed by atoms with Gasteiger partial charge in [0.25, 0.3) is 0 Å². The molecule has 0 atom stereocenters. The molecule has 92 valence electrons. The number of nitrogens with zero attached hydrogens (tertiary/aromatic N) is 2. The Morgan fingerprint density at radius 2 is 2.06 bits per heavy atom. The van der Waals surface area contributed by atoms with Gasteiger partial charge in [-0.05, 0) is 12.8 Å². The molecule has 0 radical (unpaired) electrons. The number of rotatable bonds is 6. The van der Waals surface area contributed by atoms with Crippen LogP contribution in [0, 0.1) is 0 Å². The molecule has 0 aromatic carbocycles. The summed E-state index contributed by atoms with van der Waals surface area (Å²) >= 11 is 1.24. The molecule has 0 fully saturated rings. The van der Waals surface area contributed by atoms with Crippen LogP contribution in [0.15, 0.2) is 0 Å². The maximum Gasteiger partial charge on any atom is 0.389 e. The van der Waals surface area contributed by atoms with Crippen LogP contribution in [0.5, 0.6) is 0 Å². The lowest BCUT2D eigenvalue weighted by Crippen LogP contribution is -2.08. The Morgan fingerprint density at radius 1 is 1.31 bits per heavy atom. The van der Waals surface area contributed by atoms with Gasteiger partial charge in [-0.25, -0.2) is 4.98 Å². The average Bonchev–Trinajstić information content (AvgIpc) is 2.63. The van der Waals surface area contributed by atoms with Crippen molar-refractivity contribution < 1.29 is 13.2 Å². The first-order valence-corrected chi connectivity index (χ1v) is 5.92. The third-order valence-electron chi connectivity index (χ3n) is 1.95. The lowest BCUT2D eigenvalue weighted by atomic mass is 10.2.